The molecule has 6 nitrogen and oxygen atoms in total. The van der Waals surface area contributed by atoms with E-state index in [0.29, 0.717) is 27.9 Å². The number of amides is 1. The zero-order valence-corrected chi connectivity index (χ0v) is 15.1. The number of hydrogen-bond acceptors (Lipinski definition) is 5. The molecule has 1 heterocycles. The fourth-order valence-electron chi connectivity index (χ4n) is 2.78. The molecule has 2 aromatic carbocycles. The first-order valence-electron chi connectivity index (χ1n) is 8.53. The Labute approximate surface area is 161 Å². The lowest BCUT2D eigenvalue weighted by atomic mass is 10.1. The van der Waals surface area contributed by atoms with Gasteiger partial charge in [0.15, 0.2) is 0 Å². The first-order valence-corrected chi connectivity index (χ1v) is 8.91. The summed E-state index contributed by atoms with van der Waals surface area (Å²) in [6, 6.07) is 16.0. The number of benzene rings is 2. The standard InChI is InChI=1S/C20H15ClN4O2/c21-16-7-5-14(6-8-16)19-24-23-18(27-19)12-25(17-9-10-17)20(26)15-3-1-13(11-22)2-4-15/h1-8,17H,9-10,12H2. The number of hydrogen-bond donors (Lipinski definition) is 0. The smallest absolute Gasteiger partial charge is 0.254 e. The second-order valence-corrected chi connectivity index (χ2v) is 6.80. The monoisotopic (exact) mass is 378 g/mol. The molecule has 1 aromatic heterocycles. The molecule has 1 amide bonds. The van der Waals surface area contributed by atoms with E-state index >= 15 is 0 Å². The molecule has 134 valence electrons. The summed E-state index contributed by atoms with van der Waals surface area (Å²) in [6.07, 6.45) is 1.92. The van der Waals surface area contributed by atoms with Crippen LogP contribution in [0.2, 0.25) is 5.02 Å². The number of nitriles is 1. The van der Waals surface area contributed by atoms with Gasteiger partial charge in [0.1, 0.15) is 0 Å². The molecular weight excluding hydrogens is 364 g/mol. The summed E-state index contributed by atoms with van der Waals surface area (Å²) in [7, 11) is 0. The second kappa shape index (κ2) is 7.22. The Morgan fingerprint density at radius 3 is 2.48 bits per heavy atom. The third kappa shape index (κ3) is 3.83. The average molecular weight is 379 g/mol. The first-order chi connectivity index (χ1) is 13.1. The summed E-state index contributed by atoms with van der Waals surface area (Å²) < 4.78 is 5.74. The molecular formula is C20H15ClN4O2. The van der Waals surface area contributed by atoms with Crippen LogP contribution in [0.5, 0.6) is 0 Å². The highest BCUT2D eigenvalue weighted by Gasteiger charge is 2.34. The second-order valence-electron chi connectivity index (χ2n) is 6.36. The number of aromatic nitrogens is 2. The van der Waals surface area contributed by atoms with E-state index in [4.69, 9.17) is 21.3 Å². The van der Waals surface area contributed by atoms with Gasteiger partial charge in [-0.25, -0.2) is 0 Å². The van der Waals surface area contributed by atoms with Gasteiger partial charge in [0.2, 0.25) is 11.8 Å². The fraction of sp³-hybridized carbons (Fsp3) is 0.200. The van der Waals surface area contributed by atoms with Gasteiger partial charge in [0.25, 0.3) is 5.91 Å². The number of nitrogens with zero attached hydrogens (tertiary/aromatic N) is 4. The number of rotatable bonds is 5. The zero-order chi connectivity index (χ0) is 18.8. The van der Waals surface area contributed by atoms with Crippen molar-refractivity contribution in [1.82, 2.24) is 15.1 Å². The first kappa shape index (κ1) is 17.3. The maximum atomic E-state index is 12.9. The van der Waals surface area contributed by atoms with Gasteiger partial charge in [0.05, 0.1) is 18.2 Å². The van der Waals surface area contributed by atoms with Gasteiger partial charge in [0, 0.05) is 22.2 Å². The lowest BCUT2D eigenvalue weighted by Crippen LogP contribution is -2.32. The van der Waals surface area contributed by atoms with Crippen LogP contribution in [-0.4, -0.2) is 27.0 Å². The van der Waals surface area contributed by atoms with Gasteiger partial charge in [-0.15, -0.1) is 10.2 Å². The Bertz CT molecular complexity index is 1000. The van der Waals surface area contributed by atoms with Crippen LogP contribution >= 0.6 is 11.6 Å². The van der Waals surface area contributed by atoms with Crippen molar-refractivity contribution < 1.29 is 9.21 Å². The fourth-order valence-corrected chi connectivity index (χ4v) is 2.90. The lowest BCUT2D eigenvalue weighted by Gasteiger charge is -2.20. The third-order valence-corrected chi connectivity index (χ3v) is 4.63. The van der Waals surface area contributed by atoms with E-state index < -0.39 is 0 Å². The van der Waals surface area contributed by atoms with Crippen molar-refractivity contribution >= 4 is 17.5 Å². The van der Waals surface area contributed by atoms with Crippen LogP contribution < -0.4 is 0 Å². The molecule has 0 aliphatic heterocycles. The molecule has 0 bridgehead atoms. The minimum Gasteiger partial charge on any atom is -0.419 e. The Hall–Kier alpha value is -3.17. The van der Waals surface area contributed by atoms with E-state index in [1.54, 1.807) is 53.4 Å². The highest BCUT2D eigenvalue weighted by molar-refractivity contribution is 6.30. The summed E-state index contributed by atoms with van der Waals surface area (Å²) in [5.74, 6) is 0.672. The topological polar surface area (TPSA) is 83.0 Å². The maximum absolute atomic E-state index is 12.9. The Kier molecular flexibility index (Phi) is 4.61. The summed E-state index contributed by atoms with van der Waals surface area (Å²) in [4.78, 5) is 14.6. The van der Waals surface area contributed by atoms with E-state index in [9.17, 15) is 4.79 Å². The molecule has 3 aromatic rings. The predicted octanol–water partition coefficient (Wildman–Crippen LogP) is 4.07. The number of carbonyl (C=O) groups excluding carboxylic acids is 1. The van der Waals surface area contributed by atoms with Crippen LogP contribution in [0.25, 0.3) is 11.5 Å². The van der Waals surface area contributed by atoms with Crippen molar-refractivity contribution in [3.8, 4) is 17.5 Å². The lowest BCUT2D eigenvalue weighted by molar-refractivity contribution is 0.0714. The van der Waals surface area contributed by atoms with Crippen molar-refractivity contribution in [3.63, 3.8) is 0 Å². The molecule has 0 unspecified atom stereocenters. The summed E-state index contributed by atoms with van der Waals surface area (Å²) >= 11 is 5.90. The third-order valence-electron chi connectivity index (χ3n) is 4.37. The maximum Gasteiger partial charge on any atom is 0.254 e. The summed E-state index contributed by atoms with van der Waals surface area (Å²) in [5.41, 5.74) is 1.84. The van der Waals surface area contributed by atoms with Crippen LogP contribution in [0.1, 0.15) is 34.7 Å². The van der Waals surface area contributed by atoms with E-state index in [1.165, 1.54) is 0 Å². The van der Waals surface area contributed by atoms with Gasteiger partial charge in [-0.1, -0.05) is 11.6 Å². The van der Waals surface area contributed by atoms with Crippen LogP contribution in [-0.2, 0) is 6.54 Å². The zero-order valence-electron chi connectivity index (χ0n) is 14.3. The minimum absolute atomic E-state index is 0.103. The molecule has 0 spiro atoms. The van der Waals surface area contributed by atoms with Gasteiger partial charge < -0.3 is 9.32 Å². The molecule has 1 fully saturated rings. The van der Waals surface area contributed by atoms with Crippen LogP contribution in [0.15, 0.2) is 52.9 Å². The molecule has 0 saturated heterocycles. The molecule has 0 atom stereocenters. The molecule has 7 heteroatoms. The van der Waals surface area contributed by atoms with Crippen LogP contribution in [0.3, 0.4) is 0 Å². The molecule has 1 saturated carbocycles. The highest BCUT2D eigenvalue weighted by atomic mass is 35.5. The number of halogens is 1. The highest BCUT2D eigenvalue weighted by Crippen LogP contribution is 2.30. The van der Waals surface area contributed by atoms with Gasteiger partial charge in [-0.05, 0) is 61.4 Å². The number of carbonyl (C=O) groups is 1. The molecule has 1 aliphatic carbocycles. The largest absolute Gasteiger partial charge is 0.419 e. The van der Waals surface area contributed by atoms with Crippen LogP contribution in [0.4, 0.5) is 0 Å². The van der Waals surface area contributed by atoms with Crippen molar-refractivity contribution in [2.45, 2.75) is 25.4 Å². The molecule has 4 rings (SSSR count). The Balaban J connectivity index is 1.53. The van der Waals surface area contributed by atoms with Crippen LogP contribution in [0, 0.1) is 11.3 Å². The van der Waals surface area contributed by atoms with Gasteiger partial charge in [-0.2, -0.15) is 5.26 Å². The predicted molar refractivity (Wildman–Crippen MR) is 98.8 cm³/mol. The molecule has 1 aliphatic rings. The molecule has 0 N–H and O–H groups in total. The molecule has 0 radical (unpaired) electrons. The quantitative estimate of drug-likeness (QED) is 0.668. The van der Waals surface area contributed by atoms with Crippen molar-refractivity contribution in [2.75, 3.05) is 0 Å². The van der Waals surface area contributed by atoms with E-state index in [0.717, 1.165) is 18.4 Å². The Morgan fingerprint density at radius 2 is 1.85 bits per heavy atom. The van der Waals surface area contributed by atoms with Crippen molar-refractivity contribution in [2.24, 2.45) is 0 Å². The molecule has 27 heavy (non-hydrogen) atoms. The van der Waals surface area contributed by atoms with Gasteiger partial charge in [-0.3, -0.25) is 4.79 Å². The van der Waals surface area contributed by atoms with Gasteiger partial charge >= 0.3 is 0 Å². The minimum atomic E-state index is -0.103. The average Bonchev–Trinajstić information content (AvgIpc) is 3.44. The Morgan fingerprint density at radius 1 is 1.15 bits per heavy atom. The summed E-state index contributed by atoms with van der Waals surface area (Å²) in [5, 5.41) is 17.7. The van der Waals surface area contributed by atoms with E-state index in [-0.39, 0.29) is 18.5 Å². The summed E-state index contributed by atoms with van der Waals surface area (Å²) in [6.45, 7) is 0.254. The normalized spacial score (nSPS) is 13.2. The van der Waals surface area contributed by atoms with E-state index in [2.05, 4.69) is 16.3 Å². The van der Waals surface area contributed by atoms with Crippen molar-refractivity contribution in [1.29, 1.82) is 5.26 Å². The van der Waals surface area contributed by atoms with Crippen molar-refractivity contribution in [3.05, 3.63) is 70.6 Å². The van der Waals surface area contributed by atoms with E-state index in [1.807, 2.05) is 0 Å². The SMILES string of the molecule is N#Cc1ccc(C(=O)N(Cc2nnc(-c3ccc(Cl)cc3)o2)C2CC2)cc1.